The van der Waals surface area contributed by atoms with Gasteiger partial charge in [-0.05, 0) is 0 Å². The molecule has 0 saturated carbocycles. The van der Waals surface area contributed by atoms with Crippen LogP contribution in [0, 0.1) is 5.41 Å². The standard InChI is InChI=1S/C4H9N3O2S/c1-7(4(5)6)2-3(8)9-10/h10H,2H2,1H3,(H3,5,6). The lowest BCUT2D eigenvalue weighted by molar-refractivity contribution is -0.133. The third kappa shape index (κ3) is 3.18. The minimum Gasteiger partial charge on any atom is -0.393 e. The van der Waals surface area contributed by atoms with Gasteiger partial charge in [-0.1, -0.05) is 0 Å². The molecule has 0 spiro atoms. The number of hydrogen-bond donors (Lipinski definition) is 3. The van der Waals surface area contributed by atoms with Gasteiger partial charge in [0.25, 0.3) is 0 Å². The van der Waals surface area contributed by atoms with Gasteiger partial charge in [-0.15, -0.1) is 0 Å². The summed E-state index contributed by atoms with van der Waals surface area (Å²) in [5, 5.41) is 6.84. The van der Waals surface area contributed by atoms with E-state index in [1.54, 1.807) is 0 Å². The van der Waals surface area contributed by atoms with E-state index in [0.29, 0.717) is 0 Å². The van der Waals surface area contributed by atoms with Crippen LogP contribution in [0.2, 0.25) is 0 Å². The fraction of sp³-hybridized carbons (Fsp3) is 0.500. The van der Waals surface area contributed by atoms with Gasteiger partial charge in [0.1, 0.15) is 6.54 Å². The van der Waals surface area contributed by atoms with Crippen LogP contribution in [0.5, 0.6) is 0 Å². The molecule has 58 valence electrons. The van der Waals surface area contributed by atoms with Crippen LogP contribution in [0.3, 0.4) is 0 Å². The van der Waals surface area contributed by atoms with Crippen molar-refractivity contribution in [2.45, 2.75) is 0 Å². The monoisotopic (exact) mass is 163 g/mol. The van der Waals surface area contributed by atoms with Crippen LogP contribution >= 0.6 is 12.9 Å². The summed E-state index contributed by atoms with van der Waals surface area (Å²) >= 11 is 3.27. The second-order valence-electron chi connectivity index (χ2n) is 1.70. The maximum Gasteiger partial charge on any atom is 0.337 e. The second kappa shape index (κ2) is 3.99. The lowest BCUT2D eigenvalue weighted by Gasteiger charge is -2.13. The Kier molecular flexibility index (Phi) is 3.63. The van der Waals surface area contributed by atoms with E-state index in [1.807, 2.05) is 0 Å². The van der Waals surface area contributed by atoms with Crippen LogP contribution in [0.15, 0.2) is 0 Å². The fourth-order valence-corrected chi connectivity index (χ4v) is 0.365. The van der Waals surface area contributed by atoms with Gasteiger partial charge in [0.2, 0.25) is 0 Å². The SMILES string of the molecule is CN(CC(=O)OS)C(=N)N. The first-order chi connectivity index (χ1) is 4.57. The molecule has 0 aliphatic heterocycles. The lowest BCUT2D eigenvalue weighted by Crippen LogP contribution is -2.36. The summed E-state index contributed by atoms with van der Waals surface area (Å²) in [4.78, 5) is 11.7. The summed E-state index contributed by atoms with van der Waals surface area (Å²) < 4.78 is 4.03. The Labute approximate surface area is 64.3 Å². The van der Waals surface area contributed by atoms with Crippen LogP contribution < -0.4 is 5.73 Å². The molecule has 0 unspecified atom stereocenters. The zero-order chi connectivity index (χ0) is 8.15. The predicted octanol–water partition coefficient (Wildman–Crippen LogP) is -0.800. The number of thiol groups is 1. The molecule has 5 nitrogen and oxygen atoms in total. The van der Waals surface area contributed by atoms with E-state index in [2.05, 4.69) is 17.1 Å². The molecule has 0 atom stereocenters. The van der Waals surface area contributed by atoms with Gasteiger partial charge in [0.05, 0.1) is 0 Å². The van der Waals surface area contributed by atoms with Gasteiger partial charge in [-0.3, -0.25) is 5.41 Å². The number of nitrogens with one attached hydrogen (secondary N) is 1. The van der Waals surface area contributed by atoms with Crippen molar-refractivity contribution < 1.29 is 8.98 Å². The molecule has 0 aromatic carbocycles. The molecular formula is C4H9N3O2S. The van der Waals surface area contributed by atoms with E-state index in [-0.39, 0.29) is 12.5 Å². The smallest absolute Gasteiger partial charge is 0.337 e. The Morgan fingerprint density at radius 3 is 2.70 bits per heavy atom. The Morgan fingerprint density at radius 1 is 1.90 bits per heavy atom. The highest BCUT2D eigenvalue weighted by Gasteiger charge is 2.06. The van der Waals surface area contributed by atoms with Crippen molar-refractivity contribution in [1.82, 2.24) is 4.90 Å². The first kappa shape index (κ1) is 9.09. The third-order valence-electron chi connectivity index (χ3n) is 0.879. The maximum atomic E-state index is 10.4. The van der Waals surface area contributed by atoms with Gasteiger partial charge in [-0.2, -0.15) is 0 Å². The minimum absolute atomic E-state index is 0.0567. The second-order valence-corrected chi connectivity index (χ2v) is 1.89. The van der Waals surface area contributed by atoms with Crippen molar-refractivity contribution >= 4 is 24.8 Å². The number of rotatable bonds is 2. The number of nitrogens with zero attached hydrogens (tertiary/aromatic N) is 1. The van der Waals surface area contributed by atoms with Crippen molar-refractivity contribution in [2.75, 3.05) is 13.6 Å². The molecule has 0 saturated heterocycles. The third-order valence-corrected chi connectivity index (χ3v) is 1.08. The zero-order valence-electron chi connectivity index (χ0n) is 5.50. The highest BCUT2D eigenvalue weighted by atomic mass is 32.1. The van der Waals surface area contributed by atoms with E-state index in [4.69, 9.17) is 11.1 Å². The van der Waals surface area contributed by atoms with Crippen LogP contribution in [-0.2, 0) is 8.98 Å². The van der Waals surface area contributed by atoms with Gasteiger partial charge in [-0.25, -0.2) is 4.79 Å². The molecular weight excluding hydrogens is 154 g/mol. The molecule has 0 bridgehead atoms. The topological polar surface area (TPSA) is 79.4 Å². The zero-order valence-corrected chi connectivity index (χ0v) is 6.39. The van der Waals surface area contributed by atoms with Crippen molar-refractivity contribution in [1.29, 1.82) is 5.41 Å². The van der Waals surface area contributed by atoms with Crippen molar-refractivity contribution in [3.8, 4) is 0 Å². The summed E-state index contributed by atoms with van der Waals surface area (Å²) in [6.45, 7) is -0.0567. The van der Waals surface area contributed by atoms with Crippen LogP contribution in [0.4, 0.5) is 0 Å². The Morgan fingerprint density at radius 2 is 2.40 bits per heavy atom. The summed E-state index contributed by atoms with van der Waals surface area (Å²) in [7, 11) is 1.51. The highest BCUT2D eigenvalue weighted by Crippen LogP contribution is 1.85. The molecule has 0 heterocycles. The van der Waals surface area contributed by atoms with Gasteiger partial charge in [0, 0.05) is 20.0 Å². The Bertz CT molecular complexity index is 149. The molecule has 0 aliphatic carbocycles. The number of hydrogen-bond acceptors (Lipinski definition) is 4. The molecule has 10 heavy (non-hydrogen) atoms. The van der Waals surface area contributed by atoms with Crippen LogP contribution in [0.1, 0.15) is 0 Å². The molecule has 0 amide bonds. The summed E-state index contributed by atoms with van der Waals surface area (Å²) in [6.07, 6.45) is 0. The Hall–Kier alpha value is -0.910. The molecule has 0 aromatic rings. The molecule has 0 aromatic heterocycles. The largest absolute Gasteiger partial charge is 0.393 e. The van der Waals surface area contributed by atoms with Crippen LogP contribution in [0.25, 0.3) is 0 Å². The molecule has 6 heteroatoms. The maximum absolute atomic E-state index is 10.4. The summed E-state index contributed by atoms with van der Waals surface area (Å²) in [6, 6.07) is 0. The predicted molar refractivity (Wildman–Crippen MR) is 39.6 cm³/mol. The van der Waals surface area contributed by atoms with Gasteiger partial charge >= 0.3 is 5.97 Å². The average molecular weight is 163 g/mol. The fourth-order valence-electron chi connectivity index (χ4n) is 0.308. The lowest BCUT2D eigenvalue weighted by atomic mass is 10.6. The molecule has 0 rings (SSSR count). The van der Waals surface area contributed by atoms with E-state index < -0.39 is 5.97 Å². The quantitative estimate of drug-likeness (QED) is 0.215. The van der Waals surface area contributed by atoms with Crippen molar-refractivity contribution in [3.63, 3.8) is 0 Å². The first-order valence-corrected chi connectivity index (χ1v) is 2.84. The normalized spacial score (nSPS) is 8.60. The van der Waals surface area contributed by atoms with E-state index >= 15 is 0 Å². The first-order valence-electron chi connectivity index (χ1n) is 2.47. The number of likely N-dealkylation sites (N-methyl/N-ethyl adjacent to an activating group) is 1. The minimum atomic E-state index is -0.541. The average Bonchev–Trinajstić information content (AvgIpc) is 1.87. The van der Waals surface area contributed by atoms with Crippen molar-refractivity contribution in [3.05, 3.63) is 0 Å². The Balaban J connectivity index is 3.68. The summed E-state index contributed by atoms with van der Waals surface area (Å²) in [5.41, 5.74) is 5.02. The molecule has 0 fully saturated rings. The number of nitrogens with two attached hydrogens (primary N) is 1. The van der Waals surface area contributed by atoms with Gasteiger partial charge in [0.15, 0.2) is 5.96 Å². The number of carbonyl (C=O) groups is 1. The van der Waals surface area contributed by atoms with E-state index in [9.17, 15) is 4.79 Å². The highest BCUT2D eigenvalue weighted by molar-refractivity contribution is 7.75. The molecule has 3 N–H and O–H groups in total. The van der Waals surface area contributed by atoms with Crippen molar-refractivity contribution in [2.24, 2.45) is 5.73 Å². The number of carbonyl (C=O) groups excluding carboxylic acids is 1. The number of guanidine groups is 1. The van der Waals surface area contributed by atoms with Gasteiger partial charge < -0.3 is 14.8 Å². The van der Waals surface area contributed by atoms with Crippen LogP contribution in [-0.4, -0.2) is 30.4 Å². The van der Waals surface area contributed by atoms with E-state index in [0.717, 1.165) is 0 Å². The summed E-state index contributed by atoms with van der Waals surface area (Å²) in [5.74, 6) is -0.722. The molecule has 0 radical (unpaired) electrons. The molecule has 0 aliphatic rings. The van der Waals surface area contributed by atoms with E-state index in [1.165, 1.54) is 11.9 Å².